The summed E-state index contributed by atoms with van der Waals surface area (Å²) < 4.78 is 17.7. The van der Waals surface area contributed by atoms with E-state index in [2.05, 4.69) is 111 Å². The largest absolute Gasteiger partial charge is 0.454 e. The van der Waals surface area contributed by atoms with E-state index in [0.29, 0.717) is 12.8 Å². The van der Waals surface area contributed by atoms with Gasteiger partial charge in [0, 0.05) is 6.42 Å². The second-order valence-corrected chi connectivity index (χ2v) is 25.6. The lowest BCUT2D eigenvalue weighted by Gasteiger charge is -2.41. The van der Waals surface area contributed by atoms with E-state index in [9.17, 15) is 35.1 Å². The third-order valence-electron chi connectivity index (χ3n) is 17.2. The minimum absolute atomic E-state index is 0.120. The third-order valence-corrected chi connectivity index (χ3v) is 17.2. The van der Waals surface area contributed by atoms with Gasteiger partial charge in [-0.2, -0.15) is 0 Å². The molecule has 1 amide bonds. The van der Waals surface area contributed by atoms with Crippen LogP contribution in [0.2, 0.25) is 0 Å². The number of aliphatic hydroxyl groups is 5. The molecule has 8 unspecified atom stereocenters. The van der Waals surface area contributed by atoms with Gasteiger partial charge in [0.1, 0.15) is 24.4 Å². The van der Waals surface area contributed by atoms with Crippen molar-refractivity contribution in [3.05, 3.63) is 97.2 Å². The molecule has 1 saturated heterocycles. The van der Waals surface area contributed by atoms with E-state index in [1.165, 1.54) is 173 Å². The number of carbonyl (C=O) groups excluding carboxylic acids is 2. The maximum Gasteiger partial charge on any atom is 0.306 e. The molecule has 0 radical (unpaired) electrons. The Labute approximate surface area is 552 Å². The minimum atomic E-state index is -1.62. The van der Waals surface area contributed by atoms with Gasteiger partial charge in [-0.3, -0.25) is 9.59 Å². The zero-order valence-corrected chi connectivity index (χ0v) is 58.0. The second kappa shape index (κ2) is 65.6. The fraction of sp³-hybridized carbons (Fsp3) is 0.772. The van der Waals surface area contributed by atoms with Gasteiger partial charge in [0.15, 0.2) is 12.4 Å². The molecule has 1 rings (SSSR count). The average molecular weight is 1260 g/mol. The van der Waals surface area contributed by atoms with Gasteiger partial charge >= 0.3 is 5.97 Å². The van der Waals surface area contributed by atoms with Gasteiger partial charge in [0.05, 0.1) is 25.4 Å². The number of unbranched alkanes of at least 4 members (excludes halogenated alkanes) is 36. The van der Waals surface area contributed by atoms with Crippen molar-refractivity contribution in [2.75, 3.05) is 13.2 Å². The van der Waals surface area contributed by atoms with Crippen LogP contribution in [-0.2, 0) is 23.8 Å². The number of aliphatic hydroxyl groups excluding tert-OH is 5. The molecule has 11 heteroatoms. The van der Waals surface area contributed by atoms with Gasteiger partial charge in [-0.05, 0) is 103 Å². The first-order chi connectivity index (χ1) is 44.2. The summed E-state index contributed by atoms with van der Waals surface area (Å²) in [6.07, 6.45) is 78.8. The van der Waals surface area contributed by atoms with E-state index >= 15 is 0 Å². The summed E-state index contributed by atoms with van der Waals surface area (Å²) in [6.45, 7) is 5.70. The Morgan fingerprint density at radius 2 is 0.800 bits per heavy atom. The number of ether oxygens (including phenoxy) is 3. The lowest BCUT2D eigenvalue weighted by molar-refractivity contribution is -0.305. The first-order valence-corrected chi connectivity index (χ1v) is 37.5. The molecule has 1 aliphatic rings. The number of esters is 1. The highest BCUT2D eigenvalue weighted by Gasteiger charge is 2.47. The first-order valence-electron chi connectivity index (χ1n) is 37.5. The zero-order valence-electron chi connectivity index (χ0n) is 58.0. The van der Waals surface area contributed by atoms with E-state index in [-0.39, 0.29) is 19.4 Å². The highest BCUT2D eigenvalue weighted by molar-refractivity contribution is 5.80. The smallest absolute Gasteiger partial charge is 0.306 e. The fourth-order valence-corrected chi connectivity index (χ4v) is 11.4. The van der Waals surface area contributed by atoms with Crippen molar-refractivity contribution in [2.45, 2.75) is 378 Å². The van der Waals surface area contributed by atoms with Gasteiger partial charge in [0.2, 0.25) is 5.91 Å². The van der Waals surface area contributed by atoms with Crippen LogP contribution in [0.25, 0.3) is 0 Å². The van der Waals surface area contributed by atoms with Crippen LogP contribution < -0.4 is 5.32 Å². The minimum Gasteiger partial charge on any atom is -0.454 e. The Hall–Kier alpha value is -3.42. The Bertz CT molecular complexity index is 1840. The molecule has 0 spiro atoms. The zero-order chi connectivity index (χ0) is 65.3. The molecule has 1 aliphatic heterocycles. The number of rotatable bonds is 64. The van der Waals surface area contributed by atoms with Gasteiger partial charge in [0.25, 0.3) is 0 Å². The van der Waals surface area contributed by atoms with Crippen molar-refractivity contribution in [1.29, 1.82) is 0 Å². The van der Waals surface area contributed by atoms with E-state index in [4.69, 9.17) is 14.2 Å². The molecule has 0 aliphatic carbocycles. The van der Waals surface area contributed by atoms with Gasteiger partial charge < -0.3 is 45.1 Å². The number of hydrogen-bond acceptors (Lipinski definition) is 10. The first kappa shape index (κ1) is 84.6. The predicted molar refractivity (Wildman–Crippen MR) is 379 cm³/mol. The summed E-state index contributed by atoms with van der Waals surface area (Å²) in [7, 11) is 0. The molecule has 0 bridgehead atoms. The van der Waals surface area contributed by atoms with Crippen molar-refractivity contribution >= 4 is 11.9 Å². The van der Waals surface area contributed by atoms with E-state index in [0.717, 1.165) is 109 Å². The number of hydrogen-bond donors (Lipinski definition) is 6. The summed E-state index contributed by atoms with van der Waals surface area (Å²) in [5, 5.41) is 57.3. The van der Waals surface area contributed by atoms with Crippen molar-refractivity contribution in [3.8, 4) is 0 Å². The SMILES string of the molecule is CC/C=C\C/C=C\C/C=C\C/C=C\C/C=C\C/C=C\CCCCCCCC(O)C(=O)NC(COC1OC(CO)C(O)C(O)C1OC(=O)CCCCCCCCCCCCCCCCC/C=C/CCCCCCCC)C(O)/C=C/CCCCCCCCCCCC. The topological polar surface area (TPSA) is 175 Å². The van der Waals surface area contributed by atoms with Gasteiger partial charge in [-0.15, -0.1) is 0 Å². The Morgan fingerprint density at radius 1 is 0.444 bits per heavy atom. The summed E-state index contributed by atoms with van der Waals surface area (Å²) in [5.41, 5.74) is 0. The quantitative estimate of drug-likeness (QED) is 0.0195. The van der Waals surface area contributed by atoms with Crippen LogP contribution in [-0.4, -0.2) is 99.6 Å². The van der Waals surface area contributed by atoms with Crippen LogP contribution in [0.1, 0.15) is 329 Å². The van der Waals surface area contributed by atoms with Crippen molar-refractivity contribution in [1.82, 2.24) is 5.32 Å². The lowest BCUT2D eigenvalue weighted by atomic mass is 9.99. The van der Waals surface area contributed by atoms with Gasteiger partial charge in [-0.1, -0.05) is 317 Å². The second-order valence-electron chi connectivity index (χ2n) is 25.6. The molecular formula is C79H139NO10. The highest BCUT2D eigenvalue weighted by atomic mass is 16.7. The molecule has 520 valence electrons. The van der Waals surface area contributed by atoms with Crippen molar-refractivity contribution in [3.63, 3.8) is 0 Å². The van der Waals surface area contributed by atoms with Crippen LogP contribution >= 0.6 is 0 Å². The van der Waals surface area contributed by atoms with Crippen LogP contribution in [0, 0.1) is 0 Å². The molecule has 11 nitrogen and oxygen atoms in total. The number of allylic oxidation sites excluding steroid dienone is 15. The summed E-state index contributed by atoms with van der Waals surface area (Å²) >= 11 is 0. The predicted octanol–water partition coefficient (Wildman–Crippen LogP) is 19.8. The third kappa shape index (κ3) is 52.0. The average Bonchev–Trinajstić information content (AvgIpc) is 2.18. The van der Waals surface area contributed by atoms with E-state index in [1.54, 1.807) is 6.08 Å². The number of carbonyl (C=O) groups is 2. The maximum absolute atomic E-state index is 13.5. The standard InChI is InChI=1S/C79H139NO10/c1-4-7-10-13-16-19-22-25-27-29-31-33-35-37-39-41-43-45-47-49-52-55-58-61-64-67-74(84)90-77-76(86)75(85)73(68-81)89-79(77)88-69-70(71(82)65-62-59-56-53-50-24-21-18-15-12-9-6-3)80-78(87)72(83)66-63-60-57-54-51-48-46-44-42-40-38-36-34-32-30-28-26-23-20-17-14-11-8-5-2/h8,11,17,20,25-28,32,34,38,40,44,46,62,65,70-73,75-77,79,81-83,85-86H,4-7,9-10,12-16,18-19,21-24,29-31,33,35-37,39,41-43,45,47-61,63-64,66-69H2,1-3H3,(H,80,87)/b11-8-,20-17-,27-25+,28-26-,34-32-,40-38-,46-44-,65-62+. The number of amides is 1. The van der Waals surface area contributed by atoms with Crippen molar-refractivity contribution in [2.24, 2.45) is 0 Å². The number of nitrogens with one attached hydrogen (secondary N) is 1. The Morgan fingerprint density at radius 3 is 1.21 bits per heavy atom. The summed E-state index contributed by atoms with van der Waals surface area (Å²) in [4.78, 5) is 26.7. The Balaban J connectivity index is 2.56. The Kier molecular flexibility index (Phi) is 61.7. The highest BCUT2D eigenvalue weighted by Crippen LogP contribution is 2.26. The van der Waals surface area contributed by atoms with Crippen LogP contribution in [0.15, 0.2) is 97.2 Å². The normalized spacial score (nSPS) is 18.6. The van der Waals surface area contributed by atoms with Crippen LogP contribution in [0.4, 0.5) is 0 Å². The molecular weight excluding hydrogens is 1120 g/mol. The molecule has 90 heavy (non-hydrogen) atoms. The molecule has 8 atom stereocenters. The molecule has 0 aromatic carbocycles. The maximum atomic E-state index is 13.5. The molecule has 0 aromatic heterocycles. The molecule has 0 saturated carbocycles. The lowest BCUT2D eigenvalue weighted by Crippen LogP contribution is -2.61. The summed E-state index contributed by atoms with van der Waals surface area (Å²) in [6, 6.07) is -1.04. The van der Waals surface area contributed by atoms with E-state index < -0.39 is 67.4 Å². The summed E-state index contributed by atoms with van der Waals surface area (Å²) in [5.74, 6) is -1.20. The molecule has 0 aromatic rings. The monoisotopic (exact) mass is 1260 g/mol. The molecule has 1 heterocycles. The van der Waals surface area contributed by atoms with E-state index in [1.807, 2.05) is 6.08 Å². The van der Waals surface area contributed by atoms with Crippen LogP contribution in [0.5, 0.6) is 0 Å². The van der Waals surface area contributed by atoms with Crippen LogP contribution in [0.3, 0.4) is 0 Å². The van der Waals surface area contributed by atoms with Gasteiger partial charge in [-0.25, -0.2) is 0 Å². The van der Waals surface area contributed by atoms with Crippen molar-refractivity contribution < 1.29 is 49.3 Å². The molecule has 1 fully saturated rings. The molecule has 6 N–H and O–H groups in total. The fourth-order valence-electron chi connectivity index (χ4n) is 11.4.